The monoisotopic (exact) mass is 246 g/mol. The number of fused-ring (bicyclic) bond motifs is 1. The van der Waals surface area contributed by atoms with Gasteiger partial charge in [0.05, 0.1) is 12.8 Å². The number of hydrogen-bond donors (Lipinski definition) is 1. The Morgan fingerprint density at radius 2 is 2.33 bits per heavy atom. The standard InChI is InChI=1S/C13H18N4O/c1-2-8-17-12(5-1)15-16-13(17)10-14-7-6-11-4-3-9-18-11/h3-4,9,14H,1-2,5-8,10H2. The van der Waals surface area contributed by atoms with Gasteiger partial charge in [-0.3, -0.25) is 0 Å². The first kappa shape index (κ1) is 11.5. The quantitative estimate of drug-likeness (QED) is 0.813. The summed E-state index contributed by atoms with van der Waals surface area (Å²) in [6, 6.07) is 3.92. The van der Waals surface area contributed by atoms with E-state index in [0.717, 1.165) is 49.9 Å². The topological polar surface area (TPSA) is 55.9 Å². The molecule has 0 spiro atoms. The van der Waals surface area contributed by atoms with Crippen LogP contribution in [0.25, 0.3) is 0 Å². The van der Waals surface area contributed by atoms with Crippen LogP contribution in [0.5, 0.6) is 0 Å². The number of aromatic nitrogens is 3. The number of furan rings is 1. The van der Waals surface area contributed by atoms with Crippen LogP contribution in [0, 0.1) is 0 Å². The molecule has 0 amide bonds. The van der Waals surface area contributed by atoms with Gasteiger partial charge in [-0.05, 0) is 25.0 Å². The van der Waals surface area contributed by atoms with Crippen molar-refractivity contribution in [3.05, 3.63) is 35.8 Å². The smallest absolute Gasteiger partial charge is 0.147 e. The SMILES string of the molecule is c1coc(CCNCc2nnc3n2CCCC3)c1. The molecule has 5 heteroatoms. The van der Waals surface area contributed by atoms with Gasteiger partial charge < -0.3 is 14.3 Å². The maximum atomic E-state index is 5.29. The zero-order chi connectivity index (χ0) is 12.2. The molecule has 1 N–H and O–H groups in total. The van der Waals surface area contributed by atoms with E-state index < -0.39 is 0 Å². The lowest BCUT2D eigenvalue weighted by atomic mass is 10.2. The molecule has 3 rings (SSSR count). The van der Waals surface area contributed by atoms with E-state index in [2.05, 4.69) is 20.1 Å². The molecule has 0 bridgehead atoms. The molecule has 2 aromatic heterocycles. The summed E-state index contributed by atoms with van der Waals surface area (Å²) in [6.07, 6.45) is 6.17. The zero-order valence-electron chi connectivity index (χ0n) is 10.4. The molecule has 0 saturated heterocycles. The van der Waals surface area contributed by atoms with Crippen LogP contribution < -0.4 is 5.32 Å². The maximum Gasteiger partial charge on any atom is 0.147 e. The fraction of sp³-hybridized carbons (Fsp3) is 0.538. The van der Waals surface area contributed by atoms with Crippen molar-refractivity contribution in [3.63, 3.8) is 0 Å². The summed E-state index contributed by atoms with van der Waals surface area (Å²) in [5.74, 6) is 3.22. The summed E-state index contributed by atoms with van der Waals surface area (Å²) in [4.78, 5) is 0. The molecule has 3 heterocycles. The molecule has 2 aromatic rings. The molecule has 96 valence electrons. The minimum Gasteiger partial charge on any atom is -0.469 e. The van der Waals surface area contributed by atoms with Gasteiger partial charge in [-0.1, -0.05) is 0 Å². The van der Waals surface area contributed by atoms with Crippen LogP contribution in [0.15, 0.2) is 22.8 Å². The van der Waals surface area contributed by atoms with Crippen molar-refractivity contribution in [2.75, 3.05) is 6.54 Å². The molecule has 0 saturated carbocycles. The lowest BCUT2D eigenvalue weighted by Gasteiger charge is -2.14. The van der Waals surface area contributed by atoms with Crippen molar-refractivity contribution in [2.45, 2.75) is 38.8 Å². The van der Waals surface area contributed by atoms with Gasteiger partial charge in [0, 0.05) is 25.9 Å². The lowest BCUT2D eigenvalue weighted by Crippen LogP contribution is -2.21. The normalized spacial score (nSPS) is 14.7. The Bertz CT molecular complexity index is 489. The van der Waals surface area contributed by atoms with Crippen LogP contribution >= 0.6 is 0 Å². The second-order valence-electron chi connectivity index (χ2n) is 4.65. The molecule has 0 aromatic carbocycles. The third-order valence-electron chi connectivity index (χ3n) is 3.35. The molecule has 18 heavy (non-hydrogen) atoms. The third kappa shape index (κ3) is 2.46. The molecule has 0 fully saturated rings. The Morgan fingerprint density at radius 3 is 3.22 bits per heavy atom. The first-order valence-electron chi connectivity index (χ1n) is 6.57. The first-order chi connectivity index (χ1) is 8.93. The molecule has 0 aliphatic carbocycles. The van der Waals surface area contributed by atoms with Crippen LogP contribution in [-0.4, -0.2) is 21.3 Å². The number of aryl methyl sites for hydroxylation is 1. The summed E-state index contributed by atoms with van der Waals surface area (Å²) >= 11 is 0. The second-order valence-corrected chi connectivity index (χ2v) is 4.65. The van der Waals surface area contributed by atoms with Crippen molar-refractivity contribution in [1.29, 1.82) is 0 Å². The van der Waals surface area contributed by atoms with E-state index in [4.69, 9.17) is 4.42 Å². The zero-order valence-corrected chi connectivity index (χ0v) is 10.4. The van der Waals surface area contributed by atoms with Gasteiger partial charge in [0.15, 0.2) is 0 Å². The number of hydrogen-bond acceptors (Lipinski definition) is 4. The number of rotatable bonds is 5. The van der Waals surface area contributed by atoms with E-state index in [0.29, 0.717) is 0 Å². The molecule has 0 radical (unpaired) electrons. The molecule has 5 nitrogen and oxygen atoms in total. The van der Waals surface area contributed by atoms with Crippen molar-refractivity contribution in [1.82, 2.24) is 20.1 Å². The van der Waals surface area contributed by atoms with Gasteiger partial charge in [0.2, 0.25) is 0 Å². The summed E-state index contributed by atoms with van der Waals surface area (Å²) in [5.41, 5.74) is 0. The van der Waals surface area contributed by atoms with Crippen molar-refractivity contribution < 1.29 is 4.42 Å². The predicted molar refractivity (Wildman–Crippen MR) is 67.1 cm³/mol. The highest BCUT2D eigenvalue weighted by atomic mass is 16.3. The van der Waals surface area contributed by atoms with E-state index in [1.54, 1.807) is 6.26 Å². The largest absolute Gasteiger partial charge is 0.469 e. The van der Waals surface area contributed by atoms with Gasteiger partial charge in [-0.2, -0.15) is 0 Å². The van der Waals surface area contributed by atoms with Crippen LogP contribution in [0.1, 0.15) is 30.3 Å². The van der Waals surface area contributed by atoms with Gasteiger partial charge >= 0.3 is 0 Å². The Kier molecular flexibility index (Phi) is 3.41. The Hall–Kier alpha value is -1.62. The summed E-state index contributed by atoms with van der Waals surface area (Å²) in [6.45, 7) is 2.75. The molecule has 0 unspecified atom stereocenters. The van der Waals surface area contributed by atoms with Crippen LogP contribution in [0.2, 0.25) is 0 Å². The van der Waals surface area contributed by atoms with Crippen LogP contribution in [0.3, 0.4) is 0 Å². The third-order valence-corrected chi connectivity index (χ3v) is 3.35. The highest BCUT2D eigenvalue weighted by molar-refractivity contribution is 5.00. The molecular formula is C13H18N4O. The Balaban J connectivity index is 1.49. The average molecular weight is 246 g/mol. The summed E-state index contributed by atoms with van der Waals surface area (Å²) in [7, 11) is 0. The molecular weight excluding hydrogens is 228 g/mol. The summed E-state index contributed by atoms with van der Waals surface area (Å²) in [5, 5.41) is 11.9. The van der Waals surface area contributed by atoms with Gasteiger partial charge in [0.25, 0.3) is 0 Å². The van der Waals surface area contributed by atoms with Crippen molar-refractivity contribution in [2.24, 2.45) is 0 Å². The highest BCUT2D eigenvalue weighted by Gasteiger charge is 2.14. The number of nitrogens with one attached hydrogen (secondary N) is 1. The first-order valence-corrected chi connectivity index (χ1v) is 6.57. The predicted octanol–water partition coefficient (Wildman–Crippen LogP) is 1.54. The fourth-order valence-corrected chi connectivity index (χ4v) is 2.37. The lowest BCUT2D eigenvalue weighted by molar-refractivity contribution is 0.483. The minimum absolute atomic E-state index is 0.785. The highest BCUT2D eigenvalue weighted by Crippen LogP contribution is 2.13. The van der Waals surface area contributed by atoms with E-state index in [9.17, 15) is 0 Å². The van der Waals surface area contributed by atoms with E-state index in [-0.39, 0.29) is 0 Å². The van der Waals surface area contributed by atoms with E-state index in [1.807, 2.05) is 12.1 Å². The maximum absolute atomic E-state index is 5.29. The van der Waals surface area contributed by atoms with Crippen LogP contribution in [0.4, 0.5) is 0 Å². The average Bonchev–Trinajstić information content (AvgIpc) is 3.04. The molecule has 1 aliphatic rings. The van der Waals surface area contributed by atoms with Gasteiger partial charge in [0.1, 0.15) is 17.4 Å². The van der Waals surface area contributed by atoms with Crippen LogP contribution in [-0.2, 0) is 25.9 Å². The molecule has 1 aliphatic heterocycles. The van der Waals surface area contributed by atoms with Gasteiger partial charge in [-0.15, -0.1) is 10.2 Å². The Labute approximate surface area is 106 Å². The fourth-order valence-electron chi connectivity index (χ4n) is 2.37. The van der Waals surface area contributed by atoms with E-state index in [1.165, 1.54) is 12.8 Å². The molecule has 0 atom stereocenters. The van der Waals surface area contributed by atoms with Gasteiger partial charge in [-0.25, -0.2) is 0 Å². The minimum atomic E-state index is 0.785. The van der Waals surface area contributed by atoms with Crippen molar-refractivity contribution >= 4 is 0 Å². The second kappa shape index (κ2) is 5.35. The van der Waals surface area contributed by atoms with E-state index >= 15 is 0 Å². The van der Waals surface area contributed by atoms with Crippen molar-refractivity contribution in [3.8, 4) is 0 Å². The summed E-state index contributed by atoms with van der Waals surface area (Å²) < 4.78 is 7.54. The number of nitrogens with zero attached hydrogens (tertiary/aromatic N) is 3. The Morgan fingerprint density at radius 1 is 1.33 bits per heavy atom.